The summed E-state index contributed by atoms with van der Waals surface area (Å²) in [6, 6.07) is 15.7. The van der Waals surface area contributed by atoms with E-state index in [4.69, 9.17) is 4.74 Å². The lowest BCUT2D eigenvalue weighted by Gasteiger charge is -2.16. The van der Waals surface area contributed by atoms with Crippen LogP contribution < -0.4 is 5.32 Å². The van der Waals surface area contributed by atoms with Crippen LogP contribution in [-0.4, -0.2) is 18.0 Å². The monoisotopic (exact) mass is 393 g/mol. The highest BCUT2D eigenvalue weighted by Gasteiger charge is 2.23. The first-order chi connectivity index (χ1) is 13.4. The van der Waals surface area contributed by atoms with E-state index in [1.165, 1.54) is 11.3 Å². The molecule has 1 N–H and O–H groups in total. The van der Waals surface area contributed by atoms with Crippen molar-refractivity contribution < 1.29 is 14.3 Å². The van der Waals surface area contributed by atoms with E-state index in [0.717, 1.165) is 33.5 Å². The molecule has 0 saturated heterocycles. The number of nitrogens with one attached hydrogen (secondary N) is 1. The van der Waals surface area contributed by atoms with Crippen LogP contribution in [0.1, 0.15) is 33.3 Å². The Balaban J connectivity index is 1.72. The highest BCUT2D eigenvalue weighted by molar-refractivity contribution is 7.12. The Morgan fingerprint density at radius 3 is 2.25 bits per heavy atom. The van der Waals surface area contributed by atoms with E-state index < -0.39 is 12.1 Å². The molecule has 0 aliphatic rings. The number of esters is 1. The van der Waals surface area contributed by atoms with Crippen LogP contribution in [0.25, 0.3) is 11.1 Å². The van der Waals surface area contributed by atoms with E-state index in [2.05, 4.69) is 5.32 Å². The van der Waals surface area contributed by atoms with Crippen LogP contribution >= 0.6 is 11.3 Å². The number of para-hydroxylation sites is 1. The summed E-state index contributed by atoms with van der Waals surface area (Å²) < 4.78 is 5.45. The van der Waals surface area contributed by atoms with Gasteiger partial charge in [-0.05, 0) is 55.8 Å². The lowest BCUT2D eigenvalue weighted by atomic mass is 10.1. The van der Waals surface area contributed by atoms with E-state index >= 15 is 0 Å². The molecule has 0 aliphatic carbocycles. The number of anilines is 1. The minimum atomic E-state index is -0.903. The van der Waals surface area contributed by atoms with Crippen LogP contribution in [-0.2, 0) is 9.53 Å². The van der Waals surface area contributed by atoms with Crippen LogP contribution in [0, 0.1) is 20.8 Å². The number of thiophene rings is 1. The van der Waals surface area contributed by atoms with Crippen molar-refractivity contribution in [1.82, 2.24) is 0 Å². The van der Waals surface area contributed by atoms with Crippen molar-refractivity contribution in [2.75, 3.05) is 5.32 Å². The van der Waals surface area contributed by atoms with Gasteiger partial charge in [0, 0.05) is 11.3 Å². The second kappa shape index (κ2) is 8.40. The first-order valence-corrected chi connectivity index (χ1v) is 9.97. The predicted octanol–water partition coefficient (Wildman–Crippen LogP) is 5.52. The lowest BCUT2D eigenvalue weighted by molar-refractivity contribution is -0.123. The molecule has 0 fully saturated rings. The van der Waals surface area contributed by atoms with Crippen molar-refractivity contribution >= 4 is 28.9 Å². The lowest BCUT2D eigenvalue weighted by Crippen LogP contribution is -2.30. The zero-order valence-corrected chi connectivity index (χ0v) is 17.2. The second-order valence-electron chi connectivity index (χ2n) is 6.83. The fourth-order valence-electron chi connectivity index (χ4n) is 2.93. The van der Waals surface area contributed by atoms with E-state index in [1.54, 1.807) is 6.92 Å². The summed E-state index contributed by atoms with van der Waals surface area (Å²) >= 11 is 1.31. The summed E-state index contributed by atoms with van der Waals surface area (Å²) in [6.45, 7) is 7.46. The van der Waals surface area contributed by atoms with Gasteiger partial charge in [0.15, 0.2) is 6.10 Å². The Morgan fingerprint density at radius 2 is 1.61 bits per heavy atom. The van der Waals surface area contributed by atoms with E-state index in [1.807, 2.05) is 74.7 Å². The molecule has 1 heterocycles. The molecule has 1 aromatic heterocycles. The average Bonchev–Trinajstić information content (AvgIpc) is 3.15. The fourth-order valence-corrected chi connectivity index (χ4v) is 3.73. The normalized spacial score (nSPS) is 11.7. The molecule has 0 aliphatic heterocycles. The molecule has 4 nitrogen and oxygen atoms in total. The van der Waals surface area contributed by atoms with Gasteiger partial charge < -0.3 is 10.1 Å². The number of amides is 1. The van der Waals surface area contributed by atoms with Gasteiger partial charge in [-0.25, -0.2) is 4.79 Å². The van der Waals surface area contributed by atoms with Gasteiger partial charge in [0.05, 0.1) is 0 Å². The van der Waals surface area contributed by atoms with Gasteiger partial charge in [-0.3, -0.25) is 4.79 Å². The third-order valence-corrected chi connectivity index (χ3v) is 5.49. The van der Waals surface area contributed by atoms with Crippen LogP contribution in [0.4, 0.5) is 5.69 Å². The summed E-state index contributed by atoms with van der Waals surface area (Å²) in [4.78, 5) is 25.7. The maximum atomic E-state index is 12.7. The zero-order chi connectivity index (χ0) is 20.3. The maximum absolute atomic E-state index is 12.7. The molecule has 5 heteroatoms. The van der Waals surface area contributed by atoms with Crippen LogP contribution in [0.2, 0.25) is 0 Å². The van der Waals surface area contributed by atoms with Crippen molar-refractivity contribution in [3.05, 3.63) is 75.5 Å². The Kier molecular flexibility index (Phi) is 5.95. The number of carbonyl (C=O) groups excluding carboxylic acids is 2. The van der Waals surface area contributed by atoms with E-state index in [0.29, 0.717) is 4.88 Å². The average molecular weight is 394 g/mol. The molecule has 3 aromatic rings. The number of ether oxygens (including phenoxy) is 1. The number of rotatable bonds is 5. The first-order valence-electron chi connectivity index (χ1n) is 9.09. The van der Waals surface area contributed by atoms with Crippen LogP contribution in [0.5, 0.6) is 0 Å². The second-order valence-corrected chi connectivity index (χ2v) is 7.75. The van der Waals surface area contributed by atoms with Crippen molar-refractivity contribution in [3.8, 4) is 11.1 Å². The minimum absolute atomic E-state index is 0.348. The van der Waals surface area contributed by atoms with Crippen molar-refractivity contribution in [2.45, 2.75) is 33.8 Å². The topological polar surface area (TPSA) is 55.4 Å². The molecule has 0 radical (unpaired) electrons. The van der Waals surface area contributed by atoms with E-state index in [9.17, 15) is 9.59 Å². The molecular formula is C23H23NO3S. The molecule has 0 bridgehead atoms. The molecule has 144 valence electrons. The largest absolute Gasteiger partial charge is 0.448 e. The van der Waals surface area contributed by atoms with Gasteiger partial charge >= 0.3 is 5.97 Å². The number of hydrogen-bond acceptors (Lipinski definition) is 4. The van der Waals surface area contributed by atoms with Gasteiger partial charge in [0.2, 0.25) is 0 Å². The molecule has 1 amide bonds. The third kappa shape index (κ3) is 4.31. The quantitative estimate of drug-likeness (QED) is 0.580. The van der Waals surface area contributed by atoms with Gasteiger partial charge in [0.25, 0.3) is 5.91 Å². The van der Waals surface area contributed by atoms with Gasteiger partial charge in [-0.2, -0.15) is 0 Å². The van der Waals surface area contributed by atoms with Crippen LogP contribution in [0.15, 0.2) is 53.9 Å². The Morgan fingerprint density at radius 1 is 0.964 bits per heavy atom. The smallest absolute Gasteiger partial charge is 0.349 e. The molecule has 0 spiro atoms. The zero-order valence-electron chi connectivity index (χ0n) is 16.4. The fraction of sp³-hybridized carbons (Fsp3) is 0.217. The number of benzene rings is 2. The summed E-state index contributed by atoms with van der Waals surface area (Å²) in [6.07, 6.45) is -0.903. The Hall–Kier alpha value is -2.92. The van der Waals surface area contributed by atoms with Gasteiger partial charge in [-0.1, -0.05) is 48.0 Å². The van der Waals surface area contributed by atoms with Crippen molar-refractivity contribution in [3.63, 3.8) is 0 Å². The minimum Gasteiger partial charge on any atom is -0.448 e. The molecule has 28 heavy (non-hydrogen) atoms. The van der Waals surface area contributed by atoms with E-state index in [-0.39, 0.29) is 5.91 Å². The summed E-state index contributed by atoms with van der Waals surface area (Å²) in [5.74, 6) is -0.839. The summed E-state index contributed by atoms with van der Waals surface area (Å²) in [5.41, 5.74) is 5.61. The molecule has 0 saturated carbocycles. The SMILES string of the molecule is Cc1ccc(-c2ccsc2C(=O)O[C@H](C)C(=O)Nc2c(C)cccc2C)cc1. The Labute approximate surface area is 169 Å². The van der Waals surface area contributed by atoms with Crippen molar-refractivity contribution in [1.29, 1.82) is 0 Å². The van der Waals surface area contributed by atoms with Crippen LogP contribution in [0.3, 0.4) is 0 Å². The molecule has 0 unspecified atom stereocenters. The van der Waals surface area contributed by atoms with Gasteiger partial charge in [0.1, 0.15) is 4.88 Å². The number of carbonyl (C=O) groups is 2. The number of aryl methyl sites for hydroxylation is 3. The molecule has 2 aromatic carbocycles. The molecule has 1 atom stereocenters. The standard InChI is InChI=1S/C23H23NO3S/c1-14-8-10-18(11-9-14)19-12-13-28-21(19)23(26)27-17(4)22(25)24-20-15(2)6-5-7-16(20)3/h5-13,17H,1-4H3,(H,24,25)/t17-/m1/s1. The summed E-state index contributed by atoms with van der Waals surface area (Å²) in [5, 5.41) is 4.72. The highest BCUT2D eigenvalue weighted by Crippen LogP contribution is 2.29. The maximum Gasteiger partial charge on any atom is 0.349 e. The molecule has 3 rings (SSSR count). The van der Waals surface area contributed by atoms with Gasteiger partial charge in [-0.15, -0.1) is 11.3 Å². The highest BCUT2D eigenvalue weighted by atomic mass is 32.1. The first kappa shape index (κ1) is 19.8. The van der Waals surface area contributed by atoms with Crippen molar-refractivity contribution in [2.24, 2.45) is 0 Å². The predicted molar refractivity (Wildman–Crippen MR) is 114 cm³/mol. The Bertz CT molecular complexity index is 985. The third-order valence-electron chi connectivity index (χ3n) is 4.60. The molecular weight excluding hydrogens is 370 g/mol. The number of hydrogen-bond donors (Lipinski definition) is 1. The summed E-state index contributed by atoms with van der Waals surface area (Å²) in [7, 11) is 0.